The minimum Gasteiger partial charge on any atom is -0.444 e. The van der Waals surface area contributed by atoms with Gasteiger partial charge in [-0.1, -0.05) is 18.5 Å². The first-order valence-corrected chi connectivity index (χ1v) is 6.89. The first kappa shape index (κ1) is 15.6. The third-order valence-corrected chi connectivity index (χ3v) is 3.43. The summed E-state index contributed by atoms with van der Waals surface area (Å²) in [5, 5.41) is 3.57. The summed E-state index contributed by atoms with van der Waals surface area (Å²) >= 11 is 0. The van der Waals surface area contributed by atoms with Crippen LogP contribution in [-0.4, -0.2) is 35.7 Å². The molecule has 0 aromatic heterocycles. The molecule has 1 aliphatic rings. The van der Waals surface area contributed by atoms with Crippen LogP contribution in [0.15, 0.2) is 5.11 Å². The van der Waals surface area contributed by atoms with Gasteiger partial charge in [0.2, 0.25) is 0 Å². The summed E-state index contributed by atoms with van der Waals surface area (Å²) in [6.07, 6.45) is 2.48. The van der Waals surface area contributed by atoms with E-state index in [9.17, 15) is 4.79 Å². The van der Waals surface area contributed by atoms with E-state index in [4.69, 9.17) is 10.3 Å². The van der Waals surface area contributed by atoms with Gasteiger partial charge in [0, 0.05) is 24.0 Å². The predicted octanol–water partition coefficient (Wildman–Crippen LogP) is 3.72. The van der Waals surface area contributed by atoms with Crippen molar-refractivity contribution in [3.63, 3.8) is 0 Å². The Labute approximate surface area is 114 Å². The van der Waals surface area contributed by atoms with Crippen molar-refractivity contribution in [2.45, 2.75) is 58.6 Å². The molecule has 108 valence electrons. The first-order valence-electron chi connectivity index (χ1n) is 6.89. The molecular formula is C13H24N4O2. The van der Waals surface area contributed by atoms with Crippen molar-refractivity contribution in [3.05, 3.63) is 10.4 Å². The quantitative estimate of drug-likeness (QED) is 0.442. The minimum atomic E-state index is -0.475. The van der Waals surface area contributed by atoms with Crippen LogP contribution >= 0.6 is 0 Å². The molecule has 1 fully saturated rings. The second-order valence-electron chi connectivity index (χ2n) is 5.94. The van der Waals surface area contributed by atoms with Crippen LogP contribution in [-0.2, 0) is 4.74 Å². The summed E-state index contributed by atoms with van der Waals surface area (Å²) in [6.45, 7) is 8.89. The summed E-state index contributed by atoms with van der Waals surface area (Å²) in [7, 11) is 0. The molecule has 1 heterocycles. The van der Waals surface area contributed by atoms with Gasteiger partial charge < -0.3 is 9.64 Å². The number of rotatable bonds is 4. The van der Waals surface area contributed by atoms with Crippen molar-refractivity contribution in [1.82, 2.24) is 4.90 Å². The Morgan fingerprint density at radius 3 is 2.74 bits per heavy atom. The lowest BCUT2D eigenvalue weighted by Crippen LogP contribution is -2.41. The molecule has 0 saturated carbocycles. The number of likely N-dealkylation sites (tertiary alicyclic amines) is 1. The van der Waals surface area contributed by atoms with E-state index in [1.165, 1.54) is 0 Å². The van der Waals surface area contributed by atoms with Crippen molar-refractivity contribution in [2.75, 3.05) is 13.1 Å². The topological polar surface area (TPSA) is 78.3 Å². The van der Waals surface area contributed by atoms with Crippen LogP contribution in [0.2, 0.25) is 0 Å². The third kappa shape index (κ3) is 4.63. The van der Waals surface area contributed by atoms with E-state index in [1.807, 2.05) is 20.8 Å². The molecule has 0 spiro atoms. The van der Waals surface area contributed by atoms with Gasteiger partial charge in [-0.3, -0.25) is 0 Å². The van der Waals surface area contributed by atoms with Gasteiger partial charge in [-0.15, -0.1) is 0 Å². The van der Waals surface area contributed by atoms with Gasteiger partial charge >= 0.3 is 6.09 Å². The molecule has 6 heteroatoms. The Morgan fingerprint density at radius 2 is 2.21 bits per heavy atom. The molecule has 0 aliphatic carbocycles. The van der Waals surface area contributed by atoms with Crippen molar-refractivity contribution in [2.24, 2.45) is 11.0 Å². The second kappa shape index (κ2) is 6.66. The maximum atomic E-state index is 12.2. The summed E-state index contributed by atoms with van der Waals surface area (Å²) in [4.78, 5) is 16.7. The van der Waals surface area contributed by atoms with Crippen LogP contribution < -0.4 is 0 Å². The van der Waals surface area contributed by atoms with Gasteiger partial charge in [-0.2, -0.15) is 0 Å². The molecular weight excluding hydrogens is 244 g/mol. The van der Waals surface area contributed by atoms with Gasteiger partial charge in [0.1, 0.15) is 5.60 Å². The van der Waals surface area contributed by atoms with Gasteiger partial charge in [0.25, 0.3) is 0 Å². The zero-order valence-electron chi connectivity index (χ0n) is 12.3. The smallest absolute Gasteiger partial charge is 0.410 e. The molecule has 1 rings (SSSR count). The maximum Gasteiger partial charge on any atom is 0.410 e. The van der Waals surface area contributed by atoms with E-state index in [2.05, 4.69) is 16.9 Å². The largest absolute Gasteiger partial charge is 0.444 e. The first-order chi connectivity index (χ1) is 8.89. The molecule has 1 aliphatic heterocycles. The molecule has 0 radical (unpaired) electrons. The number of ether oxygens (including phenoxy) is 1. The number of azide groups is 1. The summed E-state index contributed by atoms with van der Waals surface area (Å²) < 4.78 is 5.43. The van der Waals surface area contributed by atoms with Gasteiger partial charge in [-0.25, -0.2) is 4.79 Å². The Morgan fingerprint density at radius 1 is 1.53 bits per heavy atom. The van der Waals surface area contributed by atoms with Crippen LogP contribution in [0, 0.1) is 5.92 Å². The highest BCUT2D eigenvalue weighted by molar-refractivity contribution is 5.69. The molecule has 6 nitrogen and oxygen atoms in total. The molecule has 0 aromatic rings. The maximum absolute atomic E-state index is 12.2. The fourth-order valence-corrected chi connectivity index (χ4v) is 2.57. The molecule has 0 N–H and O–H groups in total. The van der Waals surface area contributed by atoms with Gasteiger partial charge in [-0.05, 0) is 45.1 Å². The normalized spacial score (nSPS) is 23.1. The highest BCUT2D eigenvalue weighted by Crippen LogP contribution is 2.30. The lowest BCUT2D eigenvalue weighted by atomic mass is 9.95. The molecule has 0 unspecified atom stereocenters. The SMILES string of the molecule is CC[C@@H]1CCN(C(=O)OC(C)(C)C)[C@@H]1CCN=[N+]=[N-]. The van der Waals surface area contributed by atoms with E-state index in [0.29, 0.717) is 18.9 Å². The number of nitrogens with zero attached hydrogens (tertiary/aromatic N) is 4. The van der Waals surface area contributed by atoms with E-state index in [1.54, 1.807) is 4.90 Å². The van der Waals surface area contributed by atoms with Crippen LogP contribution in [0.3, 0.4) is 0 Å². The second-order valence-corrected chi connectivity index (χ2v) is 5.94. The van der Waals surface area contributed by atoms with Crippen molar-refractivity contribution in [3.8, 4) is 0 Å². The highest BCUT2D eigenvalue weighted by Gasteiger charge is 2.37. The van der Waals surface area contributed by atoms with Crippen LogP contribution in [0.1, 0.15) is 47.0 Å². The standard InChI is InChI=1S/C13H24N4O2/c1-5-10-7-9-17(11(10)6-8-15-16-14)12(18)19-13(2,3)4/h10-11H,5-9H2,1-4H3/t10-,11-/m1/s1. The molecule has 1 saturated heterocycles. The zero-order chi connectivity index (χ0) is 14.5. The molecule has 1 amide bonds. The summed E-state index contributed by atoms with van der Waals surface area (Å²) in [6, 6.07) is 0.130. The Hall–Kier alpha value is -1.42. The summed E-state index contributed by atoms with van der Waals surface area (Å²) in [5.41, 5.74) is 7.87. The van der Waals surface area contributed by atoms with Crippen LogP contribution in [0.5, 0.6) is 0 Å². The highest BCUT2D eigenvalue weighted by atomic mass is 16.6. The van der Waals surface area contributed by atoms with Gasteiger partial charge in [0.05, 0.1) is 0 Å². The third-order valence-electron chi connectivity index (χ3n) is 3.43. The number of carbonyl (C=O) groups excluding carboxylic acids is 1. The molecule has 0 bridgehead atoms. The lowest BCUT2D eigenvalue weighted by Gasteiger charge is -2.30. The average molecular weight is 268 g/mol. The summed E-state index contributed by atoms with van der Waals surface area (Å²) in [5.74, 6) is 0.474. The van der Waals surface area contributed by atoms with E-state index in [-0.39, 0.29) is 12.1 Å². The Kier molecular flexibility index (Phi) is 5.48. The lowest BCUT2D eigenvalue weighted by molar-refractivity contribution is 0.0202. The molecule has 2 atom stereocenters. The van der Waals surface area contributed by atoms with E-state index in [0.717, 1.165) is 19.4 Å². The number of hydrogen-bond acceptors (Lipinski definition) is 3. The van der Waals surface area contributed by atoms with Crippen molar-refractivity contribution < 1.29 is 9.53 Å². The fourth-order valence-electron chi connectivity index (χ4n) is 2.57. The van der Waals surface area contributed by atoms with Crippen LogP contribution in [0.25, 0.3) is 10.4 Å². The zero-order valence-corrected chi connectivity index (χ0v) is 12.3. The van der Waals surface area contributed by atoms with Gasteiger partial charge in [0.15, 0.2) is 0 Å². The van der Waals surface area contributed by atoms with E-state index < -0.39 is 5.60 Å². The van der Waals surface area contributed by atoms with Crippen molar-refractivity contribution >= 4 is 6.09 Å². The number of amides is 1. The number of hydrogen-bond donors (Lipinski definition) is 0. The molecule has 19 heavy (non-hydrogen) atoms. The fraction of sp³-hybridized carbons (Fsp3) is 0.923. The van der Waals surface area contributed by atoms with Crippen LogP contribution in [0.4, 0.5) is 4.79 Å². The van der Waals surface area contributed by atoms with E-state index >= 15 is 0 Å². The Balaban J connectivity index is 2.68. The molecule has 0 aromatic carbocycles. The number of carbonyl (C=O) groups is 1. The average Bonchev–Trinajstić information content (AvgIpc) is 2.70. The Bertz CT molecular complexity index is 358. The monoisotopic (exact) mass is 268 g/mol. The minimum absolute atomic E-state index is 0.130. The predicted molar refractivity (Wildman–Crippen MR) is 73.8 cm³/mol. The van der Waals surface area contributed by atoms with Crippen molar-refractivity contribution in [1.29, 1.82) is 0 Å².